The topological polar surface area (TPSA) is 86.8 Å². The fourth-order valence-electron chi connectivity index (χ4n) is 4.35. The molecule has 1 fully saturated rings. The summed E-state index contributed by atoms with van der Waals surface area (Å²) >= 11 is 9.76. The first-order chi connectivity index (χ1) is 16.6. The Kier molecular flexibility index (Phi) is 9.61. The number of sulfonamides is 1. The highest BCUT2D eigenvalue weighted by Crippen LogP contribution is 2.28. The molecule has 2 amide bonds. The molecule has 0 bridgehead atoms. The second kappa shape index (κ2) is 12.2. The average molecular weight is 585 g/mol. The Morgan fingerprint density at radius 2 is 1.74 bits per heavy atom. The van der Waals surface area contributed by atoms with Crippen LogP contribution >= 0.6 is 27.5 Å². The molecule has 35 heavy (non-hydrogen) atoms. The highest BCUT2D eigenvalue weighted by molar-refractivity contribution is 9.10. The van der Waals surface area contributed by atoms with Crippen LogP contribution in [0.1, 0.15) is 44.6 Å². The maximum atomic E-state index is 13.7. The zero-order valence-corrected chi connectivity index (χ0v) is 23.1. The Labute approximate surface area is 221 Å². The molecule has 10 heteroatoms. The van der Waals surface area contributed by atoms with E-state index in [1.807, 2.05) is 13.0 Å². The predicted molar refractivity (Wildman–Crippen MR) is 143 cm³/mol. The molecule has 1 N–H and O–H groups in total. The molecule has 2 aromatic carbocycles. The van der Waals surface area contributed by atoms with Gasteiger partial charge in [0.1, 0.15) is 12.6 Å². The van der Waals surface area contributed by atoms with E-state index in [2.05, 4.69) is 21.2 Å². The van der Waals surface area contributed by atoms with E-state index in [1.165, 1.54) is 4.90 Å². The molecule has 3 rings (SSSR count). The standard InChI is InChI=1S/C25H31BrClN3O4S/c1-3-22(25(32)28-19-11-5-6-12-19)29(16-18-10-4-8-14-21(18)27)24(31)17-30(35(2,33)34)23-15-9-7-13-20(23)26/h4,7-10,13-15,19,22H,3,5-6,11-12,16-17H2,1-2H3,(H,28,32)/t22-/m0/s1. The van der Waals surface area contributed by atoms with E-state index in [1.54, 1.807) is 42.5 Å². The first-order valence-electron chi connectivity index (χ1n) is 11.7. The number of anilines is 1. The van der Waals surface area contributed by atoms with Crippen LogP contribution in [0.15, 0.2) is 53.0 Å². The minimum Gasteiger partial charge on any atom is -0.352 e. The van der Waals surface area contributed by atoms with E-state index in [-0.39, 0.29) is 18.5 Å². The summed E-state index contributed by atoms with van der Waals surface area (Å²) in [5.74, 6) is -0.717. The summed E-state index contributed by atoms with van der Waals surface area (Å²) in [5, 5.41) is 3.56. The molecule has 1 saturated carbocycles. The molecule has 1 aliphatic rings. The van der Waals surface area contributed by atoms with Crippen molar-refractivity contribution in [3.8, 4) is 0 Å². The second-order valence-corrected chi connectivity index (χ2v) is 11.9. The van der Waals surface area contributed by atoms with Crippen molar-refractivity contribution in [3.05, 3.63) is 63.6 Å². The van der Waals surface area contributed by atoms with Crippen LogP contribution in [0.4, 0.5) is 5.69 Å². The SMILES string of the molecule is CC[C@@H](C(=O)NC1CCCC1)N(Cc1ccccc1Cl)C(=O)CN(c1ccccc1Br)S(C)(=O)=O. The summed E-state index contributed by atoms with van der Waals surface area (Å²) in [4.78, 5) is 28.4. The van der Waals surface area contributed by atoms with Crippen LogP contribution < -0.4 is 9.62 Å². The first kappa shape index (κ1) is 27.5. The van der Waals surface area contributed by atoms with Gasteiger partial charge in [0.2, 0.25) is 21.8 Å². The van der Waals surface area contributed by atoms with Gasteiger partial charge in [0, 0.05) is 22.1 Å². The molecule has 1 aliphatic carbocycles. The Morgan fingerprint density at radius 1 is 1.11 bits per heavy atom. The zero-order valence-electron chi connectivity index (χ0n) is 19.9. The lowest BCUT2D eigenvalue weighted by atomic mass is 10.1. The number of hydrogen-bond acceptors (Lipinski definition) is 4. The number of hydrogen-bond donors (Lipinski definition) is 1. The van der Waals surface area contributed by atoms with Crippen LogP contribution in [0.3, 0.4) is 0 Å². The highest BCUT2D eigenvalue weighted by atomic mass is 79.9. The molecule has 0 aromatic heterocycles. The number of benzene rings is 2. The summed E-state index contributed by atoms with van der Waals surface area (Å²) < 4.78 is 27.0. The molecule has 0 radical (unpaired) electrons. The Hall–Kier alpha value is -2.10. The lowest BCUT2D eigenvalue weighted by molar-refractivity contribution is -0.140. The molecule has 0 heterocycles. The van der Waals surface area contributed by atoms with Gasteiger partial charge in [-0.2, -0.15) is 0 Å². The third-order valence-corrected chi connectivity index (χ3v) is 8.35. The van der Waals surface area contributed by atoms with Gasteiger partial charge in [-0.15, -0.1) is 0 Å². The normalized spacial score (nSPS) is 15.0. The van der Waals surface area contributed by atoms with Crippen LogP contribution in [0.2, 0.25) is 5.02 Å². The molecule has 0 saturated heterocycles. The largest absolute Gasteiger partial charge is 0.352 e. The fourth-order valence-corrected chi connectivity index (χ4v) is 6.02. The highest BCUT2D eigenvalue weighted by Gasteiger charge is 2.33. The number of rotatable bonds is 10. The van der Waals surface area contributed by atoms with Gasteiger partial charge in [-0.05, 0) is 59.0 Å². The molecule has 0 aliphatic heterocycles. The van der Waals surface area contributed by atoms with E-state index >= 15 is 0 Å². The number of carbonyl (C=O) groups is 2. The third-order valence-electron chi connectivity index (χ3n) is 6.19. The van der Waals surface area contributed by atoms with Crippen molar-refractivity contribution in [1.82, 2.24) is 10.2 Å². The van der Waals surface area contributed by atoms with Crippen molar-refractivity contribution in [2.24, 2.45) is 0 Å². The number of nitrogens with zero attached hydrogens (tertiary/aromatic N) is 2. The zero-order chi connectivity index (χ0) is 25.6. The molecule has 1 atom stereocenters. The van der Waals surface area contributed by atoms with E-state index < -0.39 is 28.5 Å². The van der Waals surface area contributed by atoms with Gasteiger partial charge in [0.25, 0.3) is 0 Å². The summed E-state index contributed by atoms with van der Waals surface area (Å²) in [6.07, 6.45) is 5.42. The van der Waals surface area contributed by atoms with E-state index in [4.69, 9.17) is 11.6 Å². The summed E-state index contributed by atoms with van der Waals surface area (Å²) in [5.41, 5.74) is 1.03. The monoisotopic (exact) mass is 583 g/mol. The van der Waals surface area contributed by atoms with Gasteiger partial charge >= 0.3 is 0 Å². The van der Waals surface area contributed by atoms with Crippen LogP contribution in [-0.4, -0.2) is 50.0 Å². The number of amides is 2. The van der Waals surface area contributed by atoms with Crippen LogP contribution in [0.5, 0.6) is 0 Å². The minimum atomic E-state index is -3.79. The summed E-state index contributed by atoms with van der Waals surface area (Å²) in [6, 6.07) is 13.3. The van der Waals surface area contributed by atoms with Crippen LogP contribution in [-0.2, 0) is 26.2 Å². The Balaban J connectivity index is 1.94. The molecule has 7 nitrogen and oxygen atoms in total. The Morgan fingerprint density at radius 3 is 2.34 bits per heavy atom. The number of nitrogens with one attached hydrogen (secondary N) is 1. The summed E-state index contributed by atoms with van der Waals surface area (Å²) in [7, 11) is -3.79. The van der Waals surface area contributed by atoms with Crippen molar-refractivity contribution < 1.29 is 18.0 Å². The average Bonchev–Trinajstić information content (AvgIpc) is 3.31. The maximum Gasteiger partial charge on any atom is 0.244 e. The minimum absolute atomic E-state index is 0.0860. The lowest BCUT2D eigenvalue weighted by Crippen LogP contribution is -2.53. The smallest absolute Gasteiger partial charge is 0.244 e. The molecule has 190 valence electrons. The van der Waals surface area contributed by atoms with Crippen molar-refractivity contribution in [1.29, 1.82) is 0 Å². The number of carbonyl (C=O) groups excluding carboxylic acids is 2. The lowest BCUT2D eigenvalue weighted by Gasteiger charge is -2.33. The van der Waals surface area contributed by atoms with Gasteiger partial charge in [-0.3, -0.25) is 13.9 Å². The Bertz CT molecular complexity index is 1150. The fraction of sp³-hybridized carbons (Fsp3) is 0.440. The second-order valence-electron chi connectivity index (χ2n) is 8.75. The van der Waals surface area contributed by atoms with Gasteiger partial charge < -0.3 is 10.2 Å². The van der Waals surface area contributed by atoms with Crippen molar-refractivity contribution in [3.63, 3.8) is 0 Å². The van der Waals surface area contributed by atoms with Gasteiger partial charge in [0.15, 0.2) is 0 Å². The van der Waals surface area contributed by atoms with Crippen molar-refractivity contribution >= 4 is 55.1 Å². The van der Waals surface area contributed by atoms with E-state index in [0.717, 1.165) is 36.2 Å². The summed E-state index contributed by atoms with van der Waals surface area (Å²) in [6.45, 7) is 1.48. The van der Waals surface area contributed by atoms with Crippen molar-refractivity contribution in [2.75, 3.05) is 17.1 Å². The van der Waals surface area contributed by atoms with Crippen molar-refractivity contribution in [2.45, 2.75) is 57.7 Å². The van der Waals surface area contributed by atoms with Crippen LogP contribution in [0, 0.1) is 0 Å². The van der Waals surface area contributed by atoms with E-state index in [9.17, 15) is 18.0 Å². The maximum absolute atomic E-state index is 13.7. The molecular formula is C25H31BrClN3O4S. The van der Waals surface area contributed by atoms with Crippen LogP contribution in [0.25, 0.3) is 0 Å². The quantitative estimate of drug-likeness (QED) is 0.437. The predicted octanol–water partition coefficient (Wildman–Crippen LogP) is 4.73. The number of halogens is 2. The molecular weight excluding hydrogens is 554 g/mol. The molecule has 0 unspecified atom stereocenters. The molecule has 2 aromatic rings. The first-order valence-corrected chi connectivity index (χ1v) is 14.7. The van der Waals surface area contributed by atoms with E-state index in [0.29, 0.717) is 27.2 Å². The van der Waals surface area contributed by atoms with Gasteiger partial charge in [-0.25, -0.2) is 8.42 Å². The third kappa shape index (κ3) is 7.21. The van der Waals surface area contributed by atoms with Gasteiger partial charge in [-0.1, -0.05) is 61.7 Å². The molecule has 0 spiro atoms. The van der Waals surface area contributed by atoms with Gasteiger partial charge in [0.05, 0.1) is 11.9 Å². The number of para-hydroxylation sites is 1.